The van der Waals surface area contributed by atoms with Crippen LogP contribution in [-0.2, 0) is 4.79 Å². The monoisotopic (exact) mass is 509 g/mol. The van der Waals surface area contributed by atoms with Gasteiger partial charge in [0.15, 0.2) is 0 Å². The molecule has 0 radical (unpaired) electrons. The van der Waals surface area contributed by atoms with Crippen LogP contribution in [0.25, 0.3) is 17.4 Å². The Bertz CT molecular complexity index is 1090. The van der Waals surface area contributed by atoms with Gasteiger partial charge in [0.25, 0.3) is 5.91 Å². The molecule has 0 saturated carbocycles. The first-order valence-corrected chi connectivity index (χ1v) is 10.8. The van der Waals surface area contributed by atoms with E-state index < -0.39 is 0 Å². The number of furan rings is 1. The zero-order valence-electron chi connectivity index (χ0n) is 16.3. The van der Waals surface area contributed by atoms with Crippen molar-refractivity contribution in [3.63, 3.8) is 0 Å². The lowest BCUT2D eigenvalue weighted by molar-refractivity contribution is -0.126. The number of benzene rings is 2. The number of piperazine rings is 1. The van der Waals surface area contributed by atoms with Crippen molar-refractivity contribution < 1.29 is 9.21 Å². The topological polar surface area (TPSA) is 60.5 Å². The number of para-hydroxylation sites is 1. The number of amides is 1. The highest BCUT2D eigenvalue weighted by Gasteiger charge is 2.24. The fraction of sp³-hybridized carbons (Fsp3) is 0.167. The van der Waals surface area contributed by atoms with Gasteiger partial charge in [-0.15, -0.1) is 0 Å². The Morgan fingerprint density at radius 3 is 2.33 bits per heavy atom. The average Bonchev–Trinajstić information content (AvgIpc) is 3.27. The number of anilines is 1. The molecule has 2 aromatic carbocycles. The van der Waals surface area contributed by atoms with E-state index >= 15 is 0 Å². The summed E-state index contributed by atoms with van der Waals surface area (Å²) < 4.78 is 6.99. The Morgan fingerprint density at radius 2 is 1.67 bits per heavy atom. The van der Waals surface area contributed by atoms with Gasteiger partial charge in [0.1, 0.15) is 23.2 Å². The maximum Gasteiger partial charge on any atom is 0.264 e. The standard InChI is InChI=1S/C24H20IN3O2/c25-20-8-6-18(7-9-20)23-11-10-22(30-23)16-19(17-26)24(29)28-14-12-27(13-15-28)21-4-2-1-3-5-21/h1-11,16H,12-15H2/b19-16-. The van der Waals surface area contributed by atoms with Crippen LogP contribution >= 0.6 is 22.6 Å². The predicted octanol–water partition coefficient (Wildman–Crippen LogP) is 4.81. The van der Waals surface area contributed by atoms with Crippen molar-refractivity contribution in [2.24, 2.45) is 0 Å². The van der Waals surface area contributed by atoms with Gasteiger partial charge < -0.3 is 14.2 Å². The summed E-state index contributed by atoms with van der Waals surface area (Å²) in [5, 5.41) is 9.55. The molecule has 0 N–H and O–H groups in total. The minimum Gasteiger partial charge on any atom is -0.457 e. The molecule has 30 heavy (non-hydrogen) atoms. The third-order valence-corrected chi connectivity index (χ3v) is 5.80. The molecular weight excluding hydrogens is 489 g/mol. The molecule has 3 aromatic rings. The molecular formula is C24H20IN3O2. The van der Waals surface area contributed by atoms with Crippen LogP contribution in [0.1, 0.15) is 5.76 Å². The Labute approximate surface area is 189 Å². The first-order chi connectivity index (χ1) is 14.6. The van der Waals surface area contributed by atoms with E-state index in [0.717, 1.165) is 27.9 Å². The van der Waals surface area contributed by atoms with Crippen LogP contribution in [-0.4, -0.2) is 37.0 Å². The first-order valence-electron chi connectivity index (χ1n) is 9.71. The quantitative estimate of drug-likeness (QED) is 0.288. The van der Waals surface area contributed by atoms with Gasteiger partial charge in [-0.1, -0.05) is 30.3 Å². The molecule has 0 spiro atoms. The predicted molar refractivity (Wildman–Crippen MR) is 126 cm³/mol. The Morgan fingerprint density at radius 1 is 0.967 bits per heavy atom. The maximum absolute atomic E-state index is 12.9. The molecule has 1 amide bonds. The number of hydrogen-bond donors (Lipinski definition) is 0. The second kappa shape index (κ2) is 9.18. The summed E-state index contributed by atoms with van der Waals surface area (Å²) >= 11 is 2.25. The van der Waals surface area contributed by atoms with Crippen molar-refractivity contribution in [1.29, 1.82) is 5.26 Å². The molecule has 0 bridgehead atoms. The van der Waals surface area contributed by atoms with E-state index in [4.69, 9.17) is 4.42 Å². The molecule has 0 atom stereocenters. The van der Waals surface area contributed by atoms with Gasteiger partial charge in [-0.05, 0) is 59.0 Å². The molecule has 1 saturated heterocycles. The van der Waals surface area contributed by atoms with Crippen LogP contribution in [0.15, 0.2) is 76.7 Å². The van der Waals surface area contributed by atoms with Gasteiger partial charge in [0.2, 0.25) is 0 Å². The van der Waals surface area contributed by atoms with Crippen molar-refractivity contribution in [2.45, 2.75) is 0 Å². The molecule has 5 nitrogen and oxygen atoms in total. The molecule has 1 aliphatic heterocycles. The van der Waals surface area contributed by atoms with Crippen LogP contribution in [0, 0.1) is 14.9 Å². The summed E-state index contributed by atoms with van der Waals surface area (Å²) in [4.78, 5) is 16.8. The number of carbonyl (C=O) groups excluding carboxylic acids is 1. The summed E-state index contributed by atoms with van der Waals surface area (Å²) in [6.45, 7) is 2.65. The molecule has 1 aliphatic rings. The Hall–Kier alpha value is -3.05. The van der Waals surface area contributed by atoms with E-state index in [0.29, 0.717) is 24.6 Å². The molecule has 6 heteroatoms. The summed E-state index contributed by atoms with van der Waals surface area (Å²) in [6.07, 6.45) is 1.53. The lowest BCUT2D eigenvalue weighted by Gasteiger charge is -2.36. The third kappa shape index (κ3) is 4.57. The van der Waals surface area contributed by atoms with Crippen molar-refractivity contribution in [2.75, 3.05) is 31.1 Å². The SMILES string of the molecule is N#C/C(=C/c1ccc(-c2ccc(I)cc2)o1)C(=O)N1CCN(c2ccccc2)CC1. The first kappa shape index (κ1) is 20.2. The normalized spacial score (nSPS) is 14.5. The van der Waals surface area contributed by atoms with Gasteiger partial charge in [0, 0.05) is 47.1 Å². The lowest BCUT2D eigenvalue weighted by atomic mass is 10.1. The number of rotatable bonds is 4. The van der Waals surface area contributed by atoms with Crippen molar-refractivity contribution in [1.82, 2.24) is 4.90 Å². The molecule has 0 unspecified atom stereocenters. The fourth-order valence-corrected chi connectivity index (χ4v) is 3.82. The highest BCUT2D eigenvalue weighted by Crippen LogP contribution is 2.24. The summed E-state index contributed by atoms with van der Waals surface area (Å²) in [7, 11) is 0. The van der Waals surface area contributed by atoms with Gasteiger partial charge in [-0.3, -0.25) is 4.79 Å². The van der Waals surface area contributed by atoms with Crippen molar-refractivity contribution in [3.8, 4) is 17.4 Å². The number of nitrogens with zero attached hydrogens (tertiary/aromatic N) is 3. The van der Waals surface area contributed by atoms with E-state index in [1.807, 2.05) is 54.6 Å². The minimum absolute atomic E-state index is 0.0895. The van der Waals surface area contributed by atoms with Crippen molar-refractivity contribution >= 4 is 40.3 Å². The number of nitriles is 1. The number of hydrogen-bond acceptors (Lipinski definition) is 4. The molecule has 4 rings (SSSR count). The second-order valence-corrected chi connectivity index (χ2v) is 8.24. The van der Waals surface area contributed by atoms with E-state index in [1.54, 1.807) is 11.0 Å². The number of halogens is 1. The van der Waals surface area contributed by atoms with E-state index in [9.17, 15) is 10.1 Å². The lowest BCUT2D eigenvalue weighted by Crippen LogP contribution is -2.49. The van der Waals surface area contributed by atoms with Crippen molar-refractivity contribution in [3.05, 3.63) is 81.6 Å². The zero-order chi connectivity index (χ0) is 20.9. The average molecular weight is 509 g/mol. The van der Waals surface area contributed by atoms with Gasteiger partial charge in [-0.2, -0.15) is 5.26 Å². The van der Waals surface area contributed by atoms with Crippen LogP contribution in [0.3, 0.4) is 0 Å². The van der Waals surface area contributed by atoms with Gasteiger partial charge in [-0.25, -0.2) is 0 Å². The zero-order valence-corrected chi connectivity index (χ0v) is 18.5. The largest absolute Gasteiger partial charge is 0.457 e. The highest BCUT2D eigenvalue weighted by molar-refractivity contribution is 14.1. The number of carbonyl (C=O) groups is 1. The minimum atomic E-state index is -0.252. The van der Waals surface area contributed by atoms with Gasteiger partial charge >= 0.3 is 0 Å². The maximum atomic E-state index is 12.9. The van der Waals surface area contributed by atoms with E-state index in [2.05, 4.69) is 39.6 Å². The molecule has 150 valence electrons. The molecule has 1 aromatic heterocycles. The van der Waals surface area contributed by atoms with E-state index in [1.165, 1.54) is 6.08 Å². The summed E-state index contributed by atoms with van der Waals surface area (Å²) in [5.41, 5.74) is 2.20. The summed E-state index contributed by atoms with van der Waals surface area (Å²) in [5.74, 6) is 0.952. The van der Waals surface area contributed by atoms with Crippen LogP contribution in [0.5, 0.6) is 0 Å². The molecule has 2 heterocycles. The van der Waals surface area contributed by atoms with E-state index in [-0.39, 0.29) is 11.5 Å². The van der Waals surface area contributed by atoms with Crippen LogP contribution < -0.4 is 4.90 Å². The highest BCUT2D eigenvalue weighted by atomic mass is 127. The molecule has 1 fully saturated rings. The molecule has 0 aliphatic carbocycles. The third-order valence-electron chi connectivity index (χ3n) is 5.08. The van der Waals surface area contributed by atoms with Crippen LogP contribution in [0.2, 0.25) is 0 Å². The smallest absolute Gasteiger partial charge is 0.264 e. The fourth-order valence-electron chi connectivity index (χ4n) is 3.46. The van der Waals surface area contributed by atoms with Gasteiger partial charge in [0.05, 0.1) is 0 Å². The second-order valence-electron chi connectivity index (χ2n) is 6.99. The Balaban J connectivity index is 1.44. The summed E-state index contributed by atoms with van der Waals surface area (Å²) in [6, 6.07) is 23.8. The van der Waals surface area contributed by atoms with Crippen LogP contribution in [0.4, 0.5) is 5.69 Å². The Kier molecular flexibility index (Phi) is 6.19.